The fourth-order valence-electron chi connectivity index (χ4n) is 3.92. The van der Waals surface area contributed by atoms with Crippen LogP contribution in [-0.4, -0.2) is 46.1 Å². The third kappa shape index (κ3) is 4.46. The zero-order valence-corrected chi connectivity index (χ0v) is 18.7. The molecule has 0 aliphatic carbocycles. The summed E-state index contributed by atoms with van der Waals surface area (Å²) in [5, 5.41) is 0.531. The lowest BCUT2D eigenvalue weighted by molar-refractivity contribution is 0.0767. The Kier molecular flexibility index (Phi) is 6.71. The lowest BCUT2D eigenvalue weighted by Crippen LogP contribution is -2.45. The van der Waals surface area contributed by atoms with E-state index in [4.69, 9.17) is 11.6 Å². The number of rotatable bonds is 4. The minimum atomic E-state index is -0.294. The van der Waals surface area contributed by atoms with E-state index >= 15 is 0 Å². The molecule has 1 aromatic heterocycles. The van der Waals surface area contributed by atoms with Crippen molar-refractivity contribution < 1.29 is 4.79 Å². The number of hydrogen-bond donors (Lipinski definition) is 0. The Hall–Kier alpha value is -2.54. The summed E-state index contributed by atoms with van der Waals surface area (Å²) in [4.78, 5) is 42.4. The molecule has 1 fully saturated rings. The number of amides is 1. The molecule has 0 bridgehead atoms. The van der Waals surface area contributed by atoms with Gasteiger partial charge in [0.1, 0.15) is 5.82 Å². The zero-order valence-electron chi connectivity index (χ0n) is 18.0. The maximum Gasteiger partial charge on any atom is 0.333 e. The van der Waals surface area contributed by atoms with Crippen molar-refractivity contribution in [1.82, 2.24) is 14.0 Å². The van der Waals surface area contributed by atoms with Crippen LogP contribution in [0.4, 0.5) is 5.82 Å². The number of halogens is 1. The van der Waals surface area contributed by atoms with E-state index in [2.05, 4.69) is 0 Å². The van der Waals surface area contributed by atoms with Crippen LogP contribution in [0.3, 0.4) is 0 Å². The number of carbonyl (C=O) groups is 1. The van der Waals surface area contributed by atoms with Gasteiger partial charge in [-0.15, -0.1) is 0 Å². The molecule has 0 spiro atoms. The maximum atomic E-state index is 13.0. The average molecular weight is 433 g/mol. The molecule has 8 heteroatoms. The molecule has 2 heterocycles. The summed E-state index contributed by atoms with van der Waals surface area (Å²) in [6.07, 6.45) is 0.742. The molecule has 0 radical (unpaired) electrons. The average Bonchev–Trinajstić information content (AvgIpc) is 2.92. The molecular weight excluding hydrogens is 404 g/mol. The first-order valence-corrected chi connectivity index (χ1v) is 10.8. The summed E-state index contributed by atoms with van der Waals surface area (Å²) in [5.74, 6) is 0.560. The Morgan fingerprint density at radius 3 is 2.27 bits per heavy atom. The van der Waals surface area contributed by atoms with Gasteiger partial charge in [0.15, 0.2) is 0 Å². The predicted molar refractivity (Wildman–Crippen MR) is 120 cm³/mol. The van der Waals surface area contributed by atoms with Crippen molar-refractivity contribution in [3.05, 3.63) is 61.8 Å². The molecule has 1 aromatic carbocycles. The van der Waals surface area contributed by atoms with Gasteiger partial charge >= 0.3 is 5.69 Å². The summed E-state index contributed by atoms with van der Waals surface area (Å²) in [7, 11) is 0. The third-order valence-corrected chi connectivity index (χ3v) is 5.60. The third-order valence-electron chi connectivity index (χ3n) is 5.36. The molecule has 0 N–H and O–H groups in total. The van der Waals surface area contributed by atoms with E-state index in [1.807, 2.05) is 32.6 Å². The second-order valence-corrected chi connectivity index (χ2v) is 8.63. The van der Waals surface area contributed by atoms with E-state index in [9.17, 15) is 14.4 Å². The molecule has 0 saturated carbocycles. The van der Waals surface area contributed by atoms with Crippen LogP contribution in [0.25, 0.3) is 0 Å². The Balaban J connectivity index is 1.89. The van der Waals surface area contributed by atoms with Crippen LogP contribution in [-0.2, 0) is 0 Å². The summed E-state index contributed by atoms with van der Waals surface area (Å²) >= 11 is 6.03. The lowest BCUT2D eigenvalue weighted by atomic mass is 10.2. The zero-order chi connectivity index (χ0) is 22.0. The monoisotopic (exact) mass is 432 g/mol. The molecule has 162 valence electrons. The first-order chi connectivity index (χ1) is 14.2. The number of nitrogens with zero attached hydrogens (tertiary/aromatic N) is 4. The molecule has 0 atom stereocenters. The van der Waals surface area contributed by atoms with Crippen molar-refractivity contribution in [2.45, 2.75) is 46.2 Å². The second kappa shape index (κ2) is 9.08. The van der Waals surface area contributed by atoms with Gasteiger partial charge in [0.25, 0.3) is 11.5 Å². The highest BCUT2D eigenvalue weighted by Gasteiger charge is 2.24. The van der Waals surface area contributed by atoms with E-state index < -0.39 is 0 Å². The van der Waals surface area contributed by atoms with E-state index in [0.717, 1.165) is 6.42 Å². The molecule has 0 unspecified atom stereocenters. The van der Waals surface area contributed by atoms with E-state index in [1.54, 1.807) is 39.8 Å². The molecule has 30 heavy (non-hydrogen) atoms. The Bertz CT molecular complexity index is 1040. The highest BCUT2D eigenvalue weighted by atomic mass is 35.5. The topological polar surface area (TPSA) is 67.5 Å². The molecule has 2 aromatic rings. The quantitative estimate of drug-likeness (QED) is 0.744. The second-order valence-electron chi connectivity index (χ2n) is 8.19. The summed E-state index contributed by atoms with van der Waals surface area (Å²) < 4.78 is 2.96. The molecule has 1 amide bonds. The number of benzene rings is 1. The van der Waals surface area contributed by atoms with Gasteiger partial charge in [-0.3, -0.25) is 18.7 Å². The fraction of sp³-hybridized carbons (Fsp3) is 0.500. The minimum absolute atomic E-state index is 0.0594. The Morgan fingerprint density at radius 1 is 0.933 bits per heavy atom. The van der Waals surface area contributed by atoms with Crippen LogP contribution >= 0.6 is 11.6 Å². The molecule has 1 aliphatic rings. The van der Waals surface area contributed by atoms with E-state index in [1.165, 1.54) is 4.57 Å². The first kappa shape index (κ1) is 22.2. The van der Waals surface area contributed by atoms with Crippen LogP contribution in [0.2, 0.25) is 5.02 Å². The summed E-state index contributed by atoms with van der Waals surface area (Å²) in [5.41, 5.74) is -0.0221. The van der Waals surface area contributed by atoms with Crippen molar-refractivity contribution in [2.24, 2.45) is 0 Å². The Labute approximate surface area is 181 Å². The van der Waals surface area contributed by atoms with Crippen LogP contribution in [0.15, 0.2) is 39.9 Å². The molecule has 3 rings (SSSR count). The maximum absolute atomic E-state index is 13.0. The number of aromatic nitrogens is 2. The first-order valence-electron chi connectivity index (χ1n) is 10.4. The van der Waals surface area contributed by atoms with Gasteiger partial charge in [-0.2, -0.15) is 0 Å². The van der Waals surface area contributed by atoms with Crippen molar-refractivity contribution in [3.63, 3.8) is 0 Å². The molecule has 7 nitrogen and oxygen atoms in total. The van der Waals surface area contributed by atoms with Crippen molar-refractivity contribution in [3.8, 4) is 0 Å². The van der Waals surface area contributed by atoms with Crippen molar-refractivity contribution in [2.75, 3.05) is 31.1 Å². The van der Waals surface area contributed by atoms with E-state index in [-0.39, 0.29) is 29.2 Å². The standard InChI is InChI=1S/C22H29ClN4O3/c1-15(2)26-19(14-20(28)27(16(3)4)22(26)30)24-9-6-10-25(12-11-24)21(29)17-7-5-8-18(23)13-17/h5,7-8,13-16H,6,9-12H2,1-4H3. The smallest absolute Gasteiger partial charge is 0.333 e. The van der Waals surface area contributed by atoms with Crippen LogP contribution in [0.5, 0.6) is 0 Å². The number of hydrogen-bond acceptors (Lipinski definition) is 4. The van der Waals surface area contributed by atoms with Crippen LogP contribution < -0.4 is 16.1 Å². The summed E-state index contributed by atoms with van der Waals surface area (Å²) in [6.45, 7) is 9.86. The molecular formula is C22H29ClN4O3. The minimum Gasteiger partial charge on any atom is -0.356 e. The highest BCUT2D eigenvalue weighted by molar-refractivity contribution is 6.30. The molecule has 1 aliphatic heterocycles. The highest BCUT2D eigenvalue weighted by Crippen LogP contribution is 2.19. The van der Waals surface area contributed by atoms with Crippen LogP contribution in [0, 0.1) is 0 Å². The van der Waals surface area contributed by atoms with E-state index in [0.29, 0.717) is 42.6 Å². The Morgan fingerprint density at radius 2 is 1.63 bits per heavy atom. The SMILES string of the molecule is CC(C)n1c(N2CCCN(C(=O)c3cccc(Cl)c3)CC2)cc(=O)n(C(C)C)c1=O. The predicted octanol–water partition coefficient (Wildman–Crippen LogP) is 3.18. The van der Waals surface area contributed by atoms with Gasteiger partial charge in [-0.25, -0.2) is 4.79 Å². The lowest BCUT2D eigenvalue weighted by Gasteiger charge is -2.28. The normalized spacial score (nSPS) is 15.0. The number of carbonyl (C=O) groups excluding carboxylic acids is 1. The largest absolute Gasteiger partial charge is 0.356 e. The van der Waals surface area contributed by atoms with Crippen molar-refractivity contribution in [1.29, 1.82) is 0 Å². The van der Waals surface area contributed by atoms with Gasteiger partial charge < -0.3 is 9.80 Å². The van der Waals surface area contributed by atoms with Gasteiger partial charge in [-0.1, -0.05) is 17.7 Å². The molecule has 1 saturated heterocycles. The summed E-state index contributed by atoms with van der Waals surface area (Å²) in [6, 6.07) is 8.20. The number of anilines is 1. The van der Waals surface area contributed by atoms with Crippen molar-refractivity contribution >= 4 is 23.3 Å². The van der Waals surface area contributed by atoms with Gasteiger partial charge in [0.2, 0.25) is 0 Å². The van der Waals surface area contributed by atoms with Crippen LogP contribution in [0.1, 0.15) is 56.6 Å². The van der Waals surface area contributed by atoms with Gasteiger partial charge in [0.05, 0.1) is 0 Å². The van der Waals surface area contributed by atoms with Gasteiger partial charge in [0, 0.05) is 54.9 Å². The fourth-order valence-corrected chi connectivity index (χ4v) is 4.11. The van der Waals surface area contributed by atoms with Gasteiger partial charge in [-0.05, 0) is 52.3 Å².